The predicted octanol–water partition coefficient (Wildman–Crippen LogP) is 1.86. The number of hydrogen-bond donors (Lipinski definition) is 2. The van der Waals surface area contributed by atoms with Crippen LogP contribution < -0.4 is 10.2 Å². The number of rotatable bonds is 2. The molecule has 7 heteroatoms. The zero-order valence-corrected chi connectivity index (χ0v) is 11.9. The Balaban J connectivity index is 1.84. The van der Waals surface area contributed by atoms with Crippen LogP contribution in [-0.2, 0) is 12.8 Å². The Kier molecular flexibility index (Phi) is 3.65. The Morgan fingerprint density at radius 2 is 2.15 bits per heavy atom. The second-order valence-electron chi connectivity index (χ2n) is 5.33. The van der Waals surface area contributed by atoms with Crippen LogP contribution in [0.15, 0.2) is 0 Å². The normalized spacial score (nSPS) is 21.6. The lowest BCUT2D eigenvalue weighted by atomic mass is 9.96. The van der Waals surface area contributed by atoms with Crippen LogP contribution in [0.1, 0.15) is 30.5 Å². The van der Waals surface area contributed by atoms with Gasteiger partial charge in [0.25, 0.3) is 0 Å². The maximum absolute atomic E-state index is 10.7. The molecule has 2 N–H and O–H groups in total. The Morgan fingerprint density at radius 3 is 2.95 bits per heavy atom. The van der Waals surface area contributed by atoms with Crippen molar-refractivity contribution in [2.24, 2.45) is 0 Å². The largest absolute Gasteiger partial charge is 0.465 e. The lowest BCUT2D eigenvalue weighted by Crippen LogP contribution is -2.36. The number of nitrogens with one attached hydrogen (secondary N) is 1. The summed E-state index contributed by atoms with van der Waals surface area (Å²) in [7, 11) is 0. The van der Waals surface area contributed by atoms with E-state index >= 15 is 0 Å². The molecule has 0 saturated carbocycles. The van der Waals surface area contributed by atoms with Gasteiger partial charge >= 0.3 is 6.09 Å². The lowest BCUT2D eigenvalue weighted by molar-refractivity contribution is 0.191. The second kappa shape index (κ2) is 5.44. The standard InChI is InChI=1S/C13H17ClN4O2/c14-12-16-10-4-2-1-3-9(10)11(17-12)18-6-5-8(7-18)15-13(19)20/h8,15H,1-7H2,(H,19,20)/t8-/m0/s1. The first-order valence-corrected chi connectivity index (χ1v) is 7.31. The fourth-order valence-corrected chi connectivity index (χ4v) is 3.23. The SMILES string of the molecule is O=C(O)N[C@H]1CCN(c2nc(Cl)nc3c2CCCC3)C1. The molecule has 3 rings (SSSR count). The molecule has 0 aromatic carbocycles. The van der Waals surface area contributed by atoms with Crippen molar-refractivity contribution in [3.8, 4) is 0 Å². The molecule has 0 spiro atoms. The van der Waals surface area contributed by atoms with Crippen LogP contribution in [0.5, 0.6) is 0 Å². The van der Waals surface area contributed by atoms with Gasteiger partial charge in [0.05, 0.1) is 11.7 Å². The number of carbonyl (C=O) groups is 1. The van der Waals surface area contributed by atoms with Gasteiger partial charge in [-0.3, -0.25) is 0 Å². The van der Waals surface area contributed by atoms with Crippen LogP contribution in [0.25, 0.3) is 0 Å². The van der Waals surface area contributed by atoms with Crippen LogP contribution in [-0.4, -0.2) is 40.3 Å². The molecular formula is C13H17ClN4O2. The van der Waals surface area contributed by atoms with E-state index in [2.05, 4.69) is 20.2 Å². The van der Waals surface area contributed by atoms with Gasteiger partial charge in [0.2, 0.25) is 5.28 Å². The third-order valence-electron chi connectivity index (χ3n) is 3.95. The highest BCUT2D eigenvalue weighted by atomic mass is 35.5. The second-order valence-corrected chi connectivity index (χ2v) is 5.67. The summed E-state index contributed by atoms with van der Waals surface area (Å²) >= 11 is 6.02. The van der Waals surface area contributed by atoms with Crippen LogP contribution in [0.3, 0.4) is 0 Å². The fourth-order valence-electron chi connectivity index (χ4n) is 3.05. The van der Waals surface area contributed by atoms with E-state index in [-0.39, 0.29) is 11.3 Å². The molecule has 1 aliphatic heterocycles. The molecule has 1 fully saturated rings. The zero-order valence-electron chi connectivity index (χ0n) is 11.1. The summed E-state index contributed by atoms with van der Waals surface area (Å²) < 4.78 is 0. The van der Waals surface area contributed by atoms with Crippen molar-refractivity contribution in [3.63, 3.8) is 0 Å². The number of hydrogen-bond acceptors (Lipinski definition) is 4. The quantitative estimate of drug-likeness (QED) is 0.815. The molecule has 6 nitrogen and oxygen atoms in total. The fraction of sp³-hybridized carbons (Fsp3) is 0.615. The predicted molar refractivity (Wildman–Crippen MR) is 75.5 cm³/mol. The highest BCUT2D eigenvalue weighted by molar-refractivity contribution is 6.28. The molecule has 1 saturated heterocycles. The molecule has 0 unspecified atom stereocenters. The Hall–Kier alpha value is -1.56. The number of fused-ring (bicyclic) bond motifs is 1. The van der Waals surface area contributed by atoms with Crippen LogP contribution in [0, 0.1) is 0 Å². The molecule has 0 radical (unpaired) electrons. The molecule has 1 amide bonds. The van der Waals surface area contributed by atoms with Gasteiger partial charge in [-0.05, 0) is 43.7 Å². The van der Waals surface area contributed by atoms with Crippen molar-refractivity contribution in [1.82, 2.24) is 15.3 Å². The van der Waals surface area contributed by atoms with Gasteiger partial charge in [-0.15, -0.1) is 0 Å². The van der Waals surface area contributed by atoms with Crippen LogP contribution in [0.4, 0.5) is 10.6 Å². The smallest absolute Gasteiger partial charge is 0.404 e. The summed E-state index contributed by atoms with van der Waals surface area (Å²) in [5.74, 6) is 0.898. The van der Waals surface area contributed by atoms with E-state index in [4.69, 9.17) is 16.7 Å². The summed E-state index contributed by atoms with van der Waals surface area (Å²) in [4.78, 5) is 21.6. The van der Waals surface area contributed by atoms with Crippen molar-refractivity contribution in [3.05, 3.63) is 16.5 Å². The number of amides is 1. The highest BCUT2D eigenvalue weighted by Crippen LogP contribution is 2.30. The maximum atomic E-state index is 10.7. The minimum absolute atomic E-state index is 0.0412. The summed E-state index contributed by atoms with van der Waals surface area (Å²) in [5.41, 5.74) is 2.25. The average molecular weight is 297 g/mol. The molecule has 1 aliphatic carbocycles. The van der Waals surface area contributed by atoms with E-state index in [1.54, 1.807) is 0 Å². The topological polar surface area (TPSA) is 78.4 Å². The van der Waals surface area contributed by atoms with E-state index in [0.29, 0.717) is 6.54 Å². The minimum Gasteiger partial charge on any atom is -0.465 e. The third-order valence-corrected chi connectivity index (χ3v) is 4.12. The van der Waals surface area contributed by atoms with Crippen molar-refractivity contribution in [1.29, 1.82) is 0 Å². The molecule has 1 aromatic rings. The van der Waals surface area contributed by atoms with Gasteiger partial charge in [-0.25, -0.2) is 14.8 Å². The zero-order chi connectivity index (χ0) is 14.1. The summed E-state index contributed by atoms with van der Waals surface area (Å²) in [6.07, 6.45) is 4.05. The van der Waals surface area contributed by atoms with Gasteiger partial charge < -0.3 is 15.3 Å². The monoisotopic (exact) mass is 296 g/mol. The molecule has 2 heterocycles. The van der Waals surface area contributed by atoms with Crippen molar-refractivity contribution in [2.75, 3.05) is 18.0 Å². The number of nitrogens with zero attached hydrogens (tertiary/aromatic N) is 3. The molecule has 0 bridgehead atoms. The van der Waals surface area contributed by atoms with Crippen LogP contribution >= 0.6 is 11.6 Å². The van der Waals surface area contributed by atoms with E-state index in [0.717, 1.165) is 50.2 Å². The number of anilines is 1. The van der Waals surface area contributed by atoms with E-state index < -0.39 is 6.09 Å². The molecule has 1 atom stereocenters. The number of halogens is 1. The number of aryl methyl sites for hydroxylation is 1. The van der Waals surface area contributed by atoms with Crippen LogP contribution in [0.2, 0.25) is 5.28 Å². The number of aromatic nitrogens is 2. The average Bonchev–Trinajstić information content (AvgIpc) is 2.85. The Morgan fingerprint density at radius 1 is 1.35 bits per heavy atom. The van der Waals surface area contributed by atoms with E-state index in [1.165, 1.54) is 5.56 Å². The molecule has 2 aliphatic rings. The van der Waals surface area contributed by atoms with Crippen molar-refractivity contribution < 1.29 is 9.90 Å². The summed E-state index contributed by atoms with van der Waals surface area (Å²) in [6, 6.07) is -0.0412. The number of carboxylic acid groups (broad SMARTS) is 1. The Labute approximate surface area is 122 Å². The first-order chi connectivity index (χ1) is 9.63. The third kappa shape index (κ3) is 2.65. The Bertz CT molecular complexity index is 537. The van der Waals surface area contributed by atoms with Gasteiger partial charge in [0.1, 0.15) is 5.82 Å². The first kappa shape index (κ1) is 13.4. The van der Waals surface area contributed by atoms with Gasteiger partial charge in [-0.2, -0.15) is 0 Å². The minimum atomic E-state index is -0.973. The summed E-state index contributed by atoms with van der Waals surface area (Å²) in [6.45, 7) is 1.44. The van der Waals surface area contributed by atoms with E-state index in [1.807, 2.05) is 0 Å². The lowest BCUT2D eigenvalue weighted by Gasteiger charge is -2.24. The van der Waals surface area contributed by atoms with Gasteiger partial charge in [-0.1, -0.05) is 0 Å². The first-order valence-electron chi connectivity index (χ1n) is 6.93. The molecule has 20 heavy (non-hydrogen) atoms. The molecule has 1 aromatic heterocycles. The maximum Gasteiger partial charge on any atom is 0.404 e. The van der Waals surface area contributed by atoms with Gasteiger partial charge in [0.15, 0.2) is 0 Å². The highest BCUT2D eigenvalue weighted by Gasteiger charge is 2.28. The molecular weight excluding hydrogens is 280 g/mol. The summed E-state index contributed by atoms with van der Waals surface area (Å²) in [5, 5.41) is 11.6. The van der Waals surface area contributed by atoms with E-state index in [9.17, 15) is 4.79 Å². The molecule has 108 valence electrons. The van der Waals surface area contributed by atoms with Crippen molar-refractivity contribution in [2.45, 2.75) is 38.1 Å². The van der Waals surface area contributed by atoms with Crippen molar-refractivity contribution >= 4 is 23.5 Å². The van der Waals surface area contributed by atoms with Gasteiger partial charge in [0, 0.05) is 18.7 Å².